The molecule has 0 N–H and O–H groups in total. The van der Waals surface area contributed by atoms with E-state index in [2.05, 4.69) is 62.9 Å². The first-order valence-electron chi connectivity index (χ1n) is 7.19. The van der Waals surface area contributed by atoms with Crippen molar-refractivity contribution in [3.63, 3.8) is 0 Å². The van der Waals surface area contributed by atoms with E-state index in [0.717, 1.165) is 13.0 Å². The van der Waals surface area contributed by atoms with Gasteiger partial charge >= 0.3 is 0 Å². The van der Waals surface area contributed by atoms with Crippen molar-refractivity contribution in [2.75, 3.05) is 11.4 Å². The Balaban J connectivity index is 2.34. The summed E-state index contributed by atoms with van der Waals surface area (Å²) >= 11 is 0. The van der Waals surface area contributed by atoms with E-state index in [1.807, 2.05) is 0 Å². The van der Waals surface area contributed by atoms with Crippen LogP contribution in [0.1, 0.15) is 52.0 Å². The molecule has 0 aliphatic carbocycles. The minimum Gasteiger partial charge on any atom is -0.366 e. The van der Waals surface area contributed by atoms with Gasteiger partial charge in [-0.25, -0.2) is 0 Å². The fourth-order valence-electron chi connectivity index (χ4n) is 3.30. The van der Waals surface area contributed by atoms with Crippen molar-refractivity contribution in [3.8, 4) is 6.07 Å². The summed E-state index contributed by atoms with van der Waals surface area (Å²) < 4.78 is 0. The molecule has 1 heterocycles. The number of para-hydroxylation sites is 1. The Kier molecular flexibility index (Phi) is 3.85. The molecular formula is C17H24N2. The maximum atomic E-state index is 8.93. The molecule has 2 heteroatoms. The van der Waals surface area contributed by atoms with E-state index in [-0.39, 0.29) is 5.54 Å². The molecule has 1 aliphatic heterocycles. The quantitative estimate of drug-likeness (QED) is 0.805. The highest BCUT2D eigenvalue weighted by Crippen LogP contribution is 2.40. The number of anilines is 1. The zero-order valence-corrected chi connectivity index (χ0v) is 12.5. The molecule has 0 radical (unpaired) electrons. The van der Waals surface area contributed by atoms with Crippen molar-refractivity contribution in [2.24, 2.45) is 5.92 Å². The fourth-order valence-corrected chi connectivity index (χ4v) is 3.30. The van der Waals surface area contributed by atoms with Gasteiger partial charge in [0.15, 0.2) is 0 Å². The number of rotatable bonds is 3. The Hall–Kier alpha value is -1.49. The largest absolute Gasteiger partial charge is 0.366 e. The molecule has 1 aromatic carbocycles. The molecular weight excluding hydrogens is 232 g/mol. The summed E-state index contributed by atoms with van der Waals surface area (Å²) in [6, 6.07) is 11.0. The topological polar surface area (TPSA) is 27.0 Å². The van der Waals surface area contributed by atoms with Crippen molar-refractivity contribution < 1.29 is 0 Å². The first-order valence-corrected chi connectivity index (χ1v) is 7.19. The second-order valence-electron chi connectivity index (χ2n) is 6.57. The molecule has 1 atom stereocenters. The third kappa shape index (κ3) is 2.76. The summed E-state index contributed by atoms with van der Waals surface area (Å²) in [5.74, 6) is 1.03. The van der Waals surface area contributed by atoms with Gasteiger partial charge in [0.2, 0.25) is 0 Å². The van der Waals surface area contributed by atoms with Crippen LogP contribution in [0.25, 0.3) is 0 Å². The molecule has 0 bridgehead atoms. The van der Waals surface area contributed by atoms with Gasteiger partial charge in [-0.05, 0) is 43.7 Å². The van der Waals surface area contributed by atoms with Crippen molar-refractivity contribution in [1.82, 2.24) is 0 Å². The minimum atomic E-state index is 0.145. The maximum Gasteiger partial charge on any atom is 0.0625 e. The van der Waals surface area contributed by atoms with Gasteiger partial charge < -0.3 is 4.90 Å². The van der Waals surface area contributed by atoms with Gasteiger partial charge in [0, 0.05) is 24.2 Å². The molecule has 2 nitrogen and oxygen atoms in total. The van der Waals surface area contributed by atoms with Gasteiger partial charge in [-0.3, -0.25) is 0 Å². The number of hydrogen-bond acceptors (Lipinski definition) is 2. The van der Waals surface area contributed by atoms with E-state index in [1.54, 1.807) is 0 Å². The van der Waals surface area contributed by atoms with Crippen LogP contribution in [0.5, 0.6) is 0 Å². The summed E-state index contributed by atoms with van der Waals surface area (Å²) in [5.41, 5.74) is 2.91. The van der Waals surface area contributed by atoms with Gasteiger partial charge in [-0.2, -0.15) is 5.26 Å². The Labute approximate surface area is 117 Å². The lowest BCUT2D eigenvalue weighted by atomic mass is 9.94. The van der Waals surface area contributed by atoms with Crippen LogP contribution >= 0.6 is 0 Å². The molecule has 0 amide bonds. The van der Waals surface area contributed by atoms with Crippen LogP contribution in [0.2, 0.25) is 0 Å². The first kappa shape index (κ1) is 13.9. The highest BCUT2D eigenvalue weighted by atomic mass is 15.2. The second kappa shape index (κ2) is 5.25. The second-order valence-corrected chi connectivity index (χ2v) is 6.57. The molecule has 0 spiro atoms. The molecule has 2 rings (SSSR count). The Morgan fingerprint density at radius 3 is 2.68 bits per heavy atom. The van der Waals surface area contributed by atoms with E-state index in [4.69, 9.17) is 5.26 Å². The molecule has 102 valence electrons. The third-order valence-corrected chi connectivity index (χ3v) is 4.19. The average molecular weight is 256 g/mol. The zero-order valence-electron chi connectivity index (χ0n) is 12.5. The van der Waals surface area contributed by atoms with Crippen LogP contribution in [0, 0.1) is 17.2 Å². The summed E-state index contributed by atoms with van der Waals surface area (Å²) in [7, 11) is 0. The molecule has 1 aromatic rings. The van der Waals surface area contributed by atoms with Crippen molar-refractivity contribution in [3.05, 3.63) is 29.8 Å². The van der Waals surface area contributed by atoms with Gasteiger partial charge in [0.25, 0.3) is 0 Å². The van der Waals surface area contributed by atoms with Crippen molar-refractivity contribution in [1.29, 1.82) is 5.26 Å². The minimum absolute atomic E-state index is 0.145. The van der Waals surface area contributed by atoms with E-state index < -0.39 is 0 Å². The predicted molar refractivity (Wildman–Crippen MR) is 80.3 cm³/mol. The Bertz CT molecular complexity index is 482. The summed E-state index contributed by atoms with van der Waals surface area (Å²) in [6.45, 7) is 10.1. The number of nitriles is 1. The maximum absolute atomic E-state index is 8.93. The van der Waals surface area contributed by atoms with E-state index in [0.29, 0.717) is 18.3 Å². The molecule has 0 saturated carbocycles. The lowest BCUT2D eigenvalue weighted by Crippen LogP contribution is -2.38. The molecule has 1 unspecified atom stereocenters. The zero-order chi connectivity index (χ0) is 14.0. The number of benzene rings is 1. The number of nitrogens with zero attached hydrogens (tertiary/aromatic N) is 2. The summed E-state index contributed by atoms with van der Waals surface area (Å²) in [6.07, 6.45) is 1.77. The summed E-state index contributed by atoms with van der Waals surface area (Å²) in [4.78, 5) is 2.50. The number of hydrogen-bond donors (Lipinski definition) is 0. The lowest BCUT2D eigenvalue weighted by Gasteiger charge is -2.35. The molecule has 1 fully saturated rings. The monoisotopic (exact) mass is 256 g/mol. The fraction of sp³-hybridized carbons (Fsp3) is 0.588. The van der Waals surface area contributed by atoms with Crippen LogP contribution in [0.3, 0.4) is 0 Å². The van der Waals surface area contributed by atoms with Gasteiger partial charge in [0.05, 0.1) is 6.07 Å². The SMILES string of the molecule is CC(C)c1ccccc1N1CC(CC#N)CC1(C)C. The van der Waals surface area contributed by atoms with Crippen molar-refractivity contribution >= 4 is 5.69 Å². The third-order valence-electron chi connectivity index (χ3n) is 4.19. The highest BCUT2D eigenvalue weighted by molar-refractivity contribution is 5.57. The van der Waals surface area contributed by atoms with Crippen LogP contribution in [-0.4, -0.2) is 12.1 Å². The van der Waals surface area contributed by atoms with E-state index in [9.17, 15) is 0 Å². The van der Waals surface area contributed by atoms with Gasteiger partial charge in [-0.15, -0.1) is 0 Å². The standard InChI is InChI=1S/C17H24N2/c1-13(2)15-7-5-6-8-16(15)19-12-14(9-10-18)11-17(19,3)4/h5-8,13-14H,9,11-12H2,1-4H3. The molecule has 1 saturated heterocycles. The Morgan fingerprint density at radius 2 is 2.05 bits per heavy atom. The predicted octanol–water partition coefficient (Wildman–Crippen LogP) is 4.33. The van der Waals surface area contributed by atoms with Crippen molar-refractivity contribution in [2.45, 2.75) is 52.0 Å². The average Bonchev–Trinajstić information content (AvgIpc) is 2.64. The molecule has 0 aromatic heterocycles. The summed E-state index contributed by atoms with van der Waals surface area (Å²) in [5, 5.41) is 8.93. The van der Waals surface area contributed by atoms with Gasteiger partial charge in [-0.1, -0.05) is 32.0 Å². The van der Waals surface area contributed by atoms with E-state index in [1.165, 1.54) is 11.3 Å². The van der Waals surface area contributed by atoms with Crippen LogP contribution in [-0.2, 0) is 0 Å². The van der Waals surface area contributed by atoms with Crippen LogP contribution in [0.15, 0.2) is 24.3 Å². The normalized spacial score (nSPS) is 21.7. The molecule has 19 heavy (non-hydrogen) atoms. The Morgan fingerprint density at radius 1 is 1.37 bits per heavy atom. The lowest BCUT2D eigenvalue weighted by molar-refractivity contribution is 0.475. The van der Waals surface area contributed by atoms with E-state index >= 15 is 0 Å². The van der Waals surface area contributed by atoms with Crippen LogP contribution < -0.4 is 4.90 Å². The highest BCUT2D eigenvalue weighted by Gasteiger charge is 2.38. The van der Waals surface area contributed by atoms with Gasteiger partial charge in [0.1, 0.15) is 0 Å². The van der Waals surface area contributed by atoms with Crippen LogP contribution in [0.4, 0.5) is 5.69 Å². The first-order chi connectivity index (χ1) is 8.95. The smallest absolute Gasteiger partial charge is 0.0625 e. The molecule has 1 aliphatic rings.